The van der Waals surface area contributed by atoms with Crippen molar-refractivity contribution in [2.45, 2.75) is 18.2 Å². The summed E-state index contributed by atoms with van der Waals surface area (Å²) in [5.74, 6) is 1.05. The van der Waals surface area contributed by atoms with E-state index in [1.165, 1.54) is 22.5 Å². The Morgan fingerprint density at radius 3 is 2.63 bits per heavy atom. The molecule has 0 heterocycles. The van der Waals surface area contributed by atoms with Crippen molar-refractivity contribution in [1.82, 2.24) is 4.31 Å². The number of halogens is 1. The molecule has 102 valence electrons. The molecule has 1 aliphatic carbocycles. The first-order valence-corrected chi connectivity index (χ1v) is 7.84. The Morgan fingerprint density at radius 2 is 2.16 bits per heavy atom. The van der Waals surface area contributed by atoms with Crippen molar-refractivity contribution in [1.29, 1.82) is 5.26 Å². The second kappa shape index (κ2) is 5.12. The number of hydrogen-bond acceptors (Lipinski definition) is 3. The molecule has 1 aromatic carbocycles. The van der Waals surface area contributed by atoms with Gasteiger partial charge < -0.3 is 0 Å². The standard InChI is InChI=1S/C13H15ClN2O2S/c1-9-5-11(9)8-16(2)19(17,18)12-4-3-10(7-15)13(14)6-12/h3-4,6,9,11H,5,8H2,1-2H3. The molecule has 19 heavy (non-hydrogen) atoms. The molecule has 1 saturated carbocycles. The first kappa shape index (κ1) is 14.3. The fraction of sp³-hybridized carbons (Fsp3) is 0.462. The summed E-state index contributed by atoms with van der Waals surface area (Å²) in [6, 6.07) is 6.10. The second-order valence-corrected chi connectivity index (χ2v) is 7.46. The largest absolute Gasteiger partial charge is 0.242 e. The van der Waals surface area contributed by atoms with Gasteiger partial charge >= 0.3 is 0 Å². The summed E-state index contributed by atoms with van der Waals surface area (Å²) >= 11 is 5.88. The molecule has 0 N–H and O–H groups in total. The van der Waals surface area contributed by atoms with Gasteiger partial charge in [0.2, 0.25) is 10.0 Å². The van der Waals surface area contributed by atoms with Crippen LogP contribution in [-0.4, -0.2) is 26.3 Å². The van der Waals surface area contributed by atoms with Crippen molar-refractivity contribution >= 4 is 21.6 Å². The normalized spacial score (nSPS) is 22.3. The van der Waals surface area contributed by atoms with Crippen LogP contribution in [0.3, 0.4) is 0 Å². The molecule has 0 saturated heterocycles. The minimum absolute atomic E-state index is 0.132. The maximum absolute atomic E-state index is 12.3. The van der Waals surface area contributed by atoms with Crippen LogP contribution in [0.15, 0.2) is 23.1 Å². The molecule has 1 fully saturated rings. The summed E-state index contributed by atoms with van der Waals surface area (Å²) in [7, 11) is -1.95. The molecular weight excluding hydrogens is 284 g/mol. The topological polar surface area (TPSA) is 61.2 Å². The third kappa shape index (κ3) is 2.92. The van der Waals surface area contributed by atoms with E-state index in [1.54, 1.807) is 7.05 Å². The lowest BCUT2D eigenvalue weighted by molar-refractivity contribution is 0.444. The fourth-order valence-electron chi connectivity index (χ4n) is 2.01. The SMILES string of the molecule is CC1CC1CN(C)S(=O)(=O)c1ccc(C#N)c(Cl)c1. The third-order valence-electron chi connectivity index (χ3n) is 3.54. The van der Waals surface area contributed by atoms with Gasteiger partial charge in [-0.2, -0.15) is 5.26 Å². The zero-order valence-electron chi connectivity index (χ0n) is 10.8. The predicted molar refractivity (Wildman–Crippen MR) is 73.3 cm³/mol. The summed E-state index contributed by atoms with van der Waals surface area (Å²) < 4.78 is 26.0. The maximum Gasteiger partial charge on any atom is 0.242 e. The first-order chi connectivity index (χ1) is 8.86. The molecule has 1 aliphatic rings. The number of nitrogens with zero attached hydrogens (tertiary/aromatic N) is 2. The van der Waals surface area contributed by atoms with E-state index in [0.717, 1.165) is 6.42 Å². The van der Waals surface area contributed by atoms with Gasteiger partial charge in [0.05, 0.1) is 15.5 Å². The molecule has 2 unspecified atom stereocenters. The highest BCUT2D eigenvalue weighted by Gasteiger charge is 2.36. The molecule has 0 bridgehead atoms. The quantitative estimate of drug-likeness (QED) is 0.858. The molecule has 0 spiro atoms. The van der Waals surface area contributed by atoms with E-state index < -0.39 is 10.0 Å². The van der Waals surface area contributed by atoms with E-state index in [0.29, 0.717) is 18.4 Å². The van der Waals surface area contributed by atoms with Crippen molar-refractivity contribution in [3.05, 3.63) is 28.8 Å². The minimum atomic E-state index is -3.53. The van der Waals surface area contributed by atoms with Gasteiger partial charge in [-0.05, 0) is 36.5 Å². The molecule has 0 amide bonds. The van der Waals surface area contributed by atoms with Crippen molar-refractivity contribution in [2.24, 2.45) is 11.8 Å². The third-order valence-corrected chi connectivity index (χ3v) is 5.67. The predicted octanol–water partition coefficient (Wildman–Crippen LogP) is 2.49. The lowest BCUT2D eigenvalue weighted by atomic mass is 10.2. The van der Waals surface area contributed by atoms with Gasteiger partial charge in [0.15, 0.2) is 0 Å². The van der Waals surface area contributed by atoms with Crippen LogP contribution >= 0.6 is 11.6 Å². The van der Waals surface area contributed by atoms with Crippen LogP contribution in [-0.2, 0) is 10.0 Å². The number of rotatable bonds is 4. The van der Waals surface area contributed by atoms with Crippen LogP contribution in [0, 0.1) is 23.2 Å². The number of hydrogen-bond donors (Lipinski definition) is 0. The van der Waals surface area contributed by atoms with Gasteiger partial charge in [0.25, 0.3) is 0 Å². The van der Waals surface area contributed by atoms with Crippen LogP contribution < -0.4 is 0 Å². The maximum atomic E-state index is 12.3. The van der Waals surface area contributed by atoms with Crippen molar-refractivity contribution in [2.75, 3.05) is 13.6 Å². The van der Waals surface area contributed by atoms with Crippen LogP contribution in [0.4, 0.5) is 0 Å². The van der Waals surface area contributed by atoms with Crippen molar-refractivity contribution < 1.29 is 8.42 Å². The van der Waals surface area contributed by atoms with Gasteiger partial charge in [-0.15, -0.1) is 0 Å². The summed E-state index contributed by atoms with van der Waals surface area (Å²) in [6.07, 6.45) is 1.08. The number of sulfonamides is 1. The van der Waals surface area contributed by atoms with Gasteiger partial charge in [-0.3, -0.25) is 0 Å². The summed E-state index contributed by atoms with van der Waals surface area (Å²) in [4.78, 5) is 0.132. The van der Waals surface area contributed by atoms with Crippen LogP contribution in [0.2, 0.25) is 5.02 Å². The lowest BCUT2D eigenvalue weighted by Gasteiger charge is -2.17. The highest BCUT2D eigenvalue weighted by atomic mass is 35.5. The van der Waals surface area contributed by atoms with Gasteiger partial charge in [-0.25, -0.2) is 12.7 Å². The molecule has 1 aromatic rings. The Bertz CT molecular complexity index is 637. The Hall–Kier alpha value is -1.09. The van der Waals surface area contributed by atoms with Crippen LogP contribution in [0.25, 0.3) is 0 Å². The average Bonchev–Trinajstić information content (AvgIpc) is 3.04. The van der Waals surface area contributed by atoms with Gasteiger partial charge in [0.1, 0.15) is 6.07 Å². The van der Waals surface area contributed by atoms with Crippen molar-refractivity contribution in [3.63, 3.8) is 0 Å². The van der Waals surface area contributed by atoms with E-state index in [1.807, 2.05) is 6.07 Å². The molecular formula is C13H15ClN2O2S. The van der Waals surface area contributed by atoms with Crippen LogP contribution in [0.1, 0.15) is 18.9 Å². The molecule has 6 heteroatoms. The van der Waals surface area contributed by atoms with Crippen molar-refractivity contribution in [3.8, 4) is 6.07 Å². The Balaban J connectivity index is 2.24. The first-order valence-electron chi connectivity index (χ1n) is 6.02. The van der Waals surface area contributed by atoms with Gasteiger partial charge in [0, 0.05) is 13.6 Å². The van der Waals surface area contributed by atoms with E-state index in [9.17, 15) is 8.42 Å². The lowest BCUT2D eigenvalue weighted by Crippen LogP contribution is -2.29. The zero-order valence-corrected chi connectivity index (χ0v) is 12.4. The average molecular weight is 299 g/mol. The smallest absolute Gasteiger partial charge is 0.207 e. The highest BCUT2D eigenvalue weighted by Crippen LogP contribution is 2.38. The van der Waals surface area contributed by atoms with E-state index in [2.05, 4.69) is 6.92 Å². The number of nitriles is 1. The fourth-order valence-corrected chi connectivity index (χ4v) is 3.55. The molecule has 0 aromatic heterocycles. The second-order valence-electron chi connectivity index (χ2n) is 5.01. The summed E-state index contributed by atoms with van der Waals surface area (Å²) in [6.45, 7) is 2.64. The molecule has 0 aliphatic heterocycles. The van der Waals surface area contributed by atoms with E-state index in [4.69, 9.17) is 16.9 Å². The molecule has 0 radical (unpaired) electrons. The zero-order chi connectivity index (χ0) is 14.2. The minimum Gasteiger partial charge on any atom is -0.207 e. The molecule has 2 rings (SSSR count). The van der Waals surface area contributed by atoms with E-state index in [-0.39, 0.29) is 15.5 Å². The molecule has 2 atom stereocenters. The van der Waals surface area contributed by atoms with Crippen LogP contribution in [0.5, 0.6) is 0 Å². The highest BCUT2D eigenvalue weighted by molar-refractivity contribution is 7.89. The summed E-state index contributed by atoms with van der Waals surface area (Å²) in [5, 5.41) is 8.95. The Morgan fingerprint density at radius 1 is 1.53 bits per heavy atom. The summed E-state index contributed by atoms with van der Waals surface area (Å²) in [5.41, 5.74) is 0.277. The van der Waals surface area contributed by atoms with Gasteiger partial charge in [-0.1, -0.05) is 18.5 Å². The number of benzene rings is 1. The van der Waals surface area contributed by atoms with E-state index >= 15 is 0 Å². The Kier molecular flexibility index (Phi) is 3.86. The molecule has 4 nitrogen and oxygen atoms in total. The Labute approximate surface area is 118 Å². The monoisotopic (exact) mass is 298 g/mol.